The molecule has 1 N–H and O–H groups in total. The molecule has 0 fully saturated rings. The van der Waals surface area contributed by atoms with Crippen molar-refractivity contribution >= 4 is 18.1 Å². The monoisotopic (exact) mass is 266 g/mol. The summed E-state index contributed by atoms with van der Waals surface area (Å²) in [4.78, 5) is 10.6. The van der Waals surface area contributed by atoms with Crippen molar-refractivity contribution in [1.29, 1.82) is 0 Å². The van der Waals surface area contributed by atoms with E-state index in [-0.39, 0.29) is 5.76 Å². The second kappa shape index (κ2) is 6.38. The predicted octanol–water partition coefficient (Wildman–Crippen LogP) is 3.83. The Bertz CT molecular complexity index is 625. The van der Waals surface area contributed by atoms with Crippen LogP contribution in [0.4, 0.5) is 0 Å². The molecule has 0 aromatic heterocycles. The molecule has 20 heavy (non-hydrogen) atoms. The number of hydrogen-bond acceptors (Lipinski definition) is 2. The van der Waals surface area contributed by atoms with Crippen LogP contribution in [0.2, 0.25) is 0 Å². The molecule has 0 heterocycles. The second-order valence-corrected chi connectivity index (χ2v) is 4.14. The minimum Gasteiger partial charge on any atom is -0.475 e. The quantitative estimate of drug-likeness (QED) is 0.508. The summed E-state index contributed by atoms with van der Waals surface area (Å²) in [5, 5.41) is 8.67. The van der Waals surface area contributed by atoms with E-state index in [1.165, 1.54) is 0 Å². The maximum absolute atomic E-state index is 10.6. The highest BCUT2D eigenvalue weighted by Gasteiger charge is 2.05. The molecule has 0 spiro atoms. The smallest absolute Gasteiger partial charge is 0.371 e. The van der Waals surface area contributed by atoms with Crippen LogP contribution in [0.1, 0.15) is 11.1 Å². The van der Waals surface area contributed by atoms with Crippen molar-refractivity contribution in [3.63, 3.8) is 0 Å². The average Bonchev–Trinajstić information content (AvgIpc) is 2.47. The number of aliphatic carboxylic acids is 1. The average molecular weight is 266 g/mol. The Morgan fingerprint density at radius 2 is 1.50 bits per heavy atom. The summed E-state index contributed by atoms with van der Waals surface area (Å²) in [6.07, 6.45) is 3.98. The maximum atomic E-state index is 10.6. The highest BCUT2D eigenvalue weighted by Crippen LogP contribution is 2.16. The van der Waals surface area contributed by atoms with E-state index in [0.29, 0.717) is 5.75 Å². The molecule has 3 heteroatoms. The minimum absolute atomic E-state index is 0.294. The van der Waals surface area contributed by atoms with Crippen LogP contribution in [0.5, 0.6) is 5.75 Å². The molecule has 0 atom stereocenters. The molecule has 0 aliphatic carbocycles. The van der Waals surface area contributed by atoms with Gasteiger partial charge in [-0.15, -0.1) is 0 Å². The van der Waals surface area contributed by atoms with E-state index in [2.05, 4.69) is 6.58 Å². The normalized spacial score (nSPS) is 10.4. The first-order chi connectivity index (χ1) is 9.65. The molecule has 0 bridgehead atoms. The number of carboxylic acids is 1. The zero-order valence-electron chi connectivity index (χ0n) is 10.8. The van der Waals surface area contributed by atoms with Gasteiger partial charge in [0, 0.05) is 0 Å². The minimum atomic E-state index is -1.17. The van der Waals surface area contributed by atoms with E-state index >= 15 is 0 Å². The molecule has 0 aliphatic rings. The van der Waals surface area contributed by atoms with Gasteiger partial charge in [-0.25, -0.2) is 4.79 Å². The SMILES string of the molecule is C=C(Oc1ccc(C=Cc2ccccc2)cc1)C(=O)O. The van der Waals surface area contributed by atoms with Crippen LogP contribution in [-0.4, -0.2) is 11.1 Å². The fourth-order valence-electron chi connectivity index (χ4n) is 1.59. The van der Waals surface area contributed by atoms with Crippen molar-refractivity contribution in [2.45, 2.75) is 0 Å². The number of carboxylic acid groups (broad SMARTS) is 1. The summed E-state index contributed by atoms with van der Waals surface area (Å²) in [6, 6.07) is 17.1. The highest BCUT2D eigenvalue weighted by atomic mass is 16.5. The number of hydrogen-bond donors (Lipinski definition) is 1. The maximum Gasteiger partial charge on any atom is 0.371 e. The fourth-order valence-corrected chi connectivity index (χ4v) is 1.59. The van der Waals surface area contributed by atoms with Crippen molar-refractivity contribution in [1.82, 2.24) is 0 Å². The Labute approximate surface area is 117 Å². The third-order valence-corrected chi connectivity index (χ3v) is 2.63. The zero-order chi connectivity index (χ0) is 14.4. The lowest BCUT2D eigenvalue weighted by molar-refractivity contribution is -0.135. The Morgan fingerprint density at radius 1 is 0.950 bits per heavy atom. The molecule has 0 aliphatic heterocycles. The lowest BCUT2D eigenvalue weighted by Gasteiger charge is -2.04. The zero-order valence-corrected chi connectivity index (χ0v) is 10.8. The van der Waals surface area contributed by atoms with E-state index in [0.717, 1.165) is 11.1 Å². The van der Waals surface area contributed by atoms with Crippen molar-refractivity contribution in [3.05, 3.63) is 78.1 Å². The van der Waals surface area contributed by atoms with Gasteiger partial charge in [-0.05, 0) is 29.8 Å². The molecular formula is C17H14O3. The molecule has 0 saturated carbocycles. The summed E-state index contributed by atoms with van der Waals surface area (Å²) in [6.45, 7) is 3.31. The summed E-state index contributed by atoms with van der Waals surface area (Å²) < 4.78 is 5.08. The van der Waals surface area contributed by atoms with Crippen LogP contribution in [0, 0.1) is 0 Å². The van der Waals surface area contributed by atoms with Crippen LogP contribution in [0.3, 0.4) is 0 Å². The first-order valence-electron chi connectivity index (χ1n) is 6.08. The highest BCUT2D eigenvalue weighted by molar-refractivity contribution is 5.84. The molecule has 2 aromatic carbocycles. The van der Waals surface area contributed by atoms with Crippen LogP contribution < -0.4 is 4.74 Å². The van der Waals surface area contributed by atoms with Gasteiger partial charge in [-0.2, -0.15) is 0 Å². The molecule has 0 unspecified atom stereocenters. The van der Waals surface area contributed by atoms with Crippen LogP contribution >= 0.6 is 0 Å². The standard InChI is InChI=1S/C17H14O3/c1-13(17(18)19)20-16-11-9-15(10-12-16)8-7-14-5-3-2-4-6-14/h2-12H,1H2,(H,18,19). The van der Waals surface area contributed by atoms with Gasteiger partial charge in [-0.3, -0.25) is 0 Å². The molecule has 100 valence electrons. The van der Waals surface area contributed by atoms with Crippen molar-refractivity contribution in [3.8, 4) is 5.75 Å². The van der Waals surface area contributed by atoms with Gasteiger partial charge in [0.25, 0.3) is 0 Å². The lowest BCUT2D eigenvalue weighted by Crippen LogP contribution is -2.05. The molecular weight excluding hydrogens is 252 g/mol. The van der Waals surface area contributed by atoms with Crippen molar-refractivity contribution in [2.75, 3.05) is 0 Å². The summed E-state index contributed by atoms with van der Waals surface area (Å²) in [5.41, 5.74) is 2.12. The van der Waals surface area contributed by atoms with Gasteiger partial charge in [-0.1, -0.05) is 54.6 Å². The van der Waals surface area contributed by atoms with E-state index in [1.54, 1.807) is 12.1 Å². The van der Waals surface area contributed by atoms with Crippen LogP contribution in [0.15, 0.2) is 66.9 Å². The van der Waals surface area contributed by atoms with E-state index < -0.39 is 5.97 Å². The third kappa shape index (κ3) is 3.85. The second-order valence-electron chi connectivity index (χ2n) is 4.14. The van der Waals surface area contributed by atoms with Gasteiger partial charge in [0.1, 0.15) is 5.75 Å². The number of ether oxygens (including phenoxy) is 1. The predicted molar refractivity (Wildman–Crippen MR) is 79.2 cm³/mol. The number of rotatable bonds is 5. The fraction of sp³-hybridized carbons (Fsp3) is 0. The number of benzene rings is 2. The van der Waals surface area contributed by atoms with Crippen molar-refractivity contribution < 1.29 is 14.6 Å². The largest absolute Gasteiger partial charge is 0.475 e. The van der Waals surface area contributed by atoms with Crippen LogP contribution in [0.25, 0.3) is 12.2 Å². The Hall–Kier alpha value is -2.81. The summed E-state index contributed by atoms with van der Waals surface area (Å²) in [7, 11) is 0. The van der Waals surface area contributed by atoms with Gasteiger partial charge >= 0.3 is 5.97 Å². The topological polar surface area (TPSA) is 46.5 Å². The molecule has 2 aromatic rings. The van der Waals surface area contributed by atoms with Gasteiger partial charge in [0.2, 0.25) is 5.76 Å². The van der Waals surface area contributed by atoms with E-state index in [4.69, 9.17) is 9.84 Å². The van der Waals surface area contributed by atoms with Crippen LogP contribution in [-0.2, 0) is 4.79 Å². The molecule has 0 radical (unpaired) electrons. The van der Waals surface area contributed by atoms with Gasteiger partial charge < -0.3 is 9.84 Å². The first kappa shape index (κ1) is 13.6. The lowest BCUT2D eigenvalue weighted by atomic mass is 10.1. The Balaban J connectivity index is 2.03. The third-order valence-electron chi connectivity index (χ3n) is 2.63. The van der Waals surface area contributed by atoms with E-state index in [1.807, 2.05) is 54.6 Å². The van der Waals surface area contributed by atoms with Gasteiger partial charge in [0.05, 0.1) is 0 Å². The van der Waals surface area contributed by atoms with Crippen molar-refractivity contribution in [2.24, 2.45) is 0 Å². The summed E-state index contributed by atoms with van der Waals surface area (Å²) >= 11 is 0. The Morgan fingerprint density at radius 3 is 2.05 bits per heavy atom. The first-order valence-corrected chi connectivity index (χ1v) is 6.08. The summed E-state index contributed by atoms with van der Waals surface area (Å²) in [5.74, 6) is -1.01. The van der Waals surface area contributed by atoms with E-state index in [9.17, 15) is 4.79 Å². The molecule has 3 nitrogen and oxygen atoms in total. The molecule has 0 saturated heterocycles. The molecule has 2 rings (SSSR count). The van der Waals surface area contributed by atoms with Gasteiger partial charge in [0.15, 0.2) is 0 Å². The Kier molecular flexibility index (Phi) is 4.35. The molecule has 0 amide bonds. The number of carbonyl (C=O) groups is 1.